The van der Waals surface area contributed by atoms with Crippen LogP contribution in [0.5, 0.6) is 17.2 Å². The molecule has 0 amide bonds. The van der Waals surface area contributed by atoms with E-state index in [9.17, 15) is 9.90 Å². The molecule has 0 aromatic heterocycles. The third-order valence-corrected chi connectivity index (χ3v) is 4.41. The number of rotatable bonds is 6. The number of fused-ring (bicyclic) bond motifs is 1. The maximum atomic E-state index is 12.7. The molecule has 0 saturated heterocycles. The van der Waals surface area contributed by atoms with Crippen LogP contribution in [-0.2, 0) is 6.54 Å². The van der Waals surface area contributed by atoms with Gasteiger partial charge in [0.2, 0.25) is 5.78 Å². The number of methoxy groups -OCH3 is 1. The average molecular weight is 376 g/mol. The Balaban J connectivity index is 1.93. The Labute approximate surface area is 162 Å². The smallest absolute Gasteiger partial charge is 0.231 e. The fourth-order valence-corrected chi connectivity index (χ4v) is 2.98. The number of nitrogens with one attached hydrogen (secondary N) is 1. The van der Waals surface area contributed by atoms with Gasteiger partial charge in [-0.25, -0.2) is 0 Å². The molecule has 2 aromatic carbocycles. The van der Waals surface area contributed by atoms with Crippen LogP contribution < -0.4 is 14.4 Å². The number of nitriles is 2. The first-order valence-electron chi connectivity index (χ1n) is 8.58. The van der Waals surface area contributed by atoms with Gasteiger partial charge in [-0.2, -0.15) is 10.5 Å². The predicted octanol–water partition coefficient (Wildman–Crippen LogP) is 1.45. The molecule has 0 fully saturated rings. The minimum atomic E-state index is -0.283. The number of Topliss-reactive ketones (excluding diaryl/α,β-unsaturated/α-hetero) is 1. The molecule has 1 aliphatic rings. The summed E-state index contributed by atoms with van der Waals surface area (Å²) in [5.74, 6) is 0.807. The lowest BCUT2D eigenvalue weighted by Gasteiger charge is -2.15. The molecule has 0 atom stereocenters. The summed E-state index contributed by atoms with van der Waals surface area (Å²) in [6.07, 6.45) is 1.62. The molecule has 0 radical (unpaired) electrons. The van der Waals surface area contributed by atoms with E-state index in [1.165, 1.54) is 12.1 Å². The maximum Gasteiger partial charge on any atom is 0.231 e. The van der Waals surface area contributed by atoms with Crippen molar-refractivity contribution in [3.63, 3.8) is 0 Å². The van der Waals surface area contributed by atoms with Crippen molar-refractivity contribution in [1.29, 1.82) is 10.5 Å². The van der Waals surface area contributed by atoms with Crippen LogP contribution in [0.4, 0.5) is 0 Å². The second-order valence-corrected chi connectivity index (χ2v) is 6.25. The molecule has 0 aliphatic carbocycles. The number of hydrogen-bond donors (Lipinski definition) is 2. The highest BCUT2D eigenvalue weighted by atomic mass is 16.5. The van der Waals surface area contributed by atoms with Crippen molar-refractivity contribution < 1.29 is 24.3 Å². The van der Waals surface area contributed by atoms with Gasteiger partial charge in [-0.15, -0.1) is 0 Å². The maximum absolute atomic E-state index is 12.7. The molecular weight excluding hydrogens is 358 g/mol. The zero-order chi connectivity index (χ0) is 20.1. The number of quaternary nitrogens is 1. The molecule has 3 rings (SSSR count). The van der Waals surface area contributed by atoms with Crippen LogP contribution in [0, 0.1) is 22.7 Å². The van der Waals surface area contributed by atoms with Crippen molar-refractivity contribution in [1.82, 2.24) is 0 Å². The van der Waals surface area contributed by atoms with Crippen molar-refractivity contribution in [3.05, 3.63) is 58.8 Å². The van der Waals surface area contributed by atoms with Gasteiger partial charge >= 0.3 is 0 Å². The SMILES string of the molecule is COc1ccc(/C=C2\Oc3c(ccc(O)c3C[NH+](CC#N)CC#N)C2=O)cc1. The molecule has 0 spiro atoms. The van der Waals surface area contributed by atoms with Crippen LogP contribution in [0.1, 0.15) is 21.5 Å². The Bertz CT molecular complexity index is 998. The lowest BCUT2D eigenvalue weighted by atomic mass is 10.0. The van der Waals surface area contributed by atoms with Gasteiger partial charge < -0.3 is 19.5 Å². The van der Waals surface area contributed by atoms with Gasteiger partial charge in [0.25, 0.3) is 0 Å². The largest absolute Gasteiger partial charge is 0.507 e. The van der Waals surface area contributed by atoms with Crippen molar-refractivity contribution in [2.45, 2.75) is 6.54 Å². The summed E-state index contributed by atoms with van der Waals surface area (Å²) >= 11 is 0. The van der Waals surface area contributed by atoms with E-state index in [0.717, 1.165) is 5.56 Å². The highest BCUT2D eigenvalue weighted by Gasteiger charge is 2.32. The van der Waals surface area contributed by atoms with E-state index in [2.05, 4.69) is 0 Å². The Morgan fingerprint density at radius 1 is 1.14 bits per heavy atom. The summed E-state index contributed by atoms with van der Waals surface area (Å²) < 4.78 is 10.9. The molecule has 1 heterocycles. The van der Waals surface area contributed by atoms with Crippen LogP contribution in [-0.4, -0.2) is 31.1 Å². The summed E-state index contributed by atoms with van der Waals surface area (Å²) in [4.78, 5) is 13.4. The van der Waals surface area contributed by atoms with Crippen LogP contribution in [0.25, 0.3) is 6.08 Å². The fourth-order valence-electron chi connectivity index (χ4n) is 2.98. The highest BCUT2D eigenvalue weighted by Crippen LogP contribution is 2.39. The molecule has 2 N–H and O–H groups in total. The van der Waals surface area contributed by atoms with Crippen LogP contribution >= 0.6 is 0 Å². The Morgan fingerprint density at radius 3 is 2.43 bits per heavy atom. The molecule has 1 aliphatic heterocycles. The van der Waals surface area contributed by atoms with E-state index in [4.69, 9.17) is 20.0 Å². The van der Waals surface area contributed by atoms with Gasteiger partial charge in [-0.1, -0.05) is 12.1 Å². The summed E-state index contributed by atoms with van der Waals surface area (Å²) in [6, 6.07) is 14.1. The van der Waals surface area contributed by atoms with Crippen molar-refractivity contribution >= 4 is 11.9 Å². The molecule has 0 unspecified atom stereocenters. The number of phenolic OH excluding ortho intramolecular Hbond substituents is 1. The molecule has 2 aromatic rings. The number of ether oxygens (including phenoxy) is 2. The van der Waals surface area contributed by atoms with E-state index in [1.54, 1.807) is 37.5 Å². The van der Waals surface area contributed by atoms with Crippen LogP contribution in [0.3, 0.4) is 0 Å². The zero-order valence-electron chi connectivity index (χ0n) is 15.2. The molecule has 7 heteroatoms. The quantitative estimate of drug-likeness (QED) is 0.584. The number of allylic oxidation sites excluding steroid dienone is 1. The second-order valence-electron chi connectivity index (χ2n) is 6.25. The summed E-state index contributed by atoms with van der Waals surface area (Å²) in [5, 5.41) is 28.2. The lowest BCUT2D eigenvalue weighted by Crippen LogP contribution is -3.10. The topological polar surface area (TPSA) is 108 Å². The molecule has 0 bridgehead atoms. The van der Waals surface area contributed by atoms with Crippen LogP contribution in [0.2, 0.25) is 0 Å². The summed E-state index contributed by atoms with van der Waals surface area (Å²) in [6.45, 7) is 0.386. The average Bonchev–Trinajstić information content (AvgIpc) is 3.01. The third kappa shape index (κ3) is 3.80. The summed E-state index contributed by atoms with van der Waals surface area (Å²) in [5.41, 5.74) is 1.52. The third-order valence-electron chi connectivity index (χ3n) is 4.41. The first-order chi connectivity index (χ1) is 13.6. The number of carbonyl (C=O) groups excluding carboxylic acids is 1. The van der Waals surface area contributed by atoms with Crippen molar-refractivity contribution in [3.8, 4) is 29.4 Å². The predicted molar refractivity (Wildman–Crippen MR) is 99.7 cm³/mol. The first-order valence-corrected chi connectivity index (χ1v) is 8.58. The van der Waals surface area contributed by atoms with E-state index < -0.39 is 0 Å². The highest BCUT2D eigenvalue weighted by molar-refractivity contribution is 6.14. The number of carbonyl (C=O) groups is 1. The fraction of sp³-hybridized carbons (Fsp3) is 0.190. The van der Waals surface area contributed by atoms with E-state index in [0.29, 0.717) is 21.8 Å². The van der Waals surface area contributed by atoms with Gasteiger partial charge in [0, 0.05) is 0 Å². The van der Waals surface area contributed by atoms with Gasteiger partial charge in [-0.3, -0.25) is 4.79 Å². The standard InChI is InChI=1S/C21H17N3O4/c1-27-15-4-2-14(3-5-15)12-19-20(26)16-6-7-18(25)17(21(16)28-19)13-24(10-8-22)11-9-23/h2-7,12,25H,10-11,13H2,1H3/p+1/b19-12-. The normalized spacial score (nSPS) is 13.7. The van der Waals surface area contributed by atoms with Gasteiger partial charge in [0.15, 0.2) is 24.6 Å². The van der Waals surface area contributed by atoms with E-state index >= 15 is 0 Å². The molecular formula is C21H18N3O4+. The summed E-state index contributed by atoms with van der Waals surface area (Å²) in [7, 11) is 1.58. The number of phenols is 1. The second kappa shape index (κ2) is 8.26. The van der Waals surface area contributed by atoms with Crippen LogP contribution in [0.15, 0.2) is 42.2 Å². The number of benzene rings is 2. The van der Waals surface area contributed by atoms with Crippen molar-refractivity contribution in [2.24, 2.45) is 0 Å². The first kappa shape index (κ1) is 19.0. The minimum absolute atomic E-state index is 0.0365. The van der Waals surface area contributed by atoms with Gasteiger partial charge in [0.05, 0.1) is 18.2 Å². The molecule has 7 nitrogen and oxygen atoms in total. The van der Waals surface area contributed by atoms with E-state index in [-0.39, 0.29) is 42.7 Å². The Morgan fingerprint density at radius 2 is 1.82 bits per heavy atom. The van der Waals surface area contributed by atoms with Gasteiger partial charge in [0.1, 0.15) is 30.2 Å². The molecule has 0 saturated carbocycles. The van der Waals surface area contributed by atoms with E-state index in [1.807, 2.05) is 12.1 Å². The molecule has 140 valence electrons. The van der Waals surface area contributed by atoms with Gasteiger partial charge in [-0.05, 0) is 35.9 Å². The number of aromatic hydroxyl groups is 1. The Kier molecular flexibility index (Phi) is 5.59. The monoisotopic (exact) mass is 376 g/mol. The minimum Gasteiger partial charge on any atom is -0.507 e. The number of hydrogen-bond acceptors (Lipinski definition) is 6. The molecule has 28 heavy (non-hydrogen) atoms. The zero-order valence-corrected chi connectivity index (χ0v) is 15.2. The number of nitrogens with zero attached hydrogens (tertiary/aromatic N) is 2. The Hall–Kier alpha value is -3.81. The van der Waals surface area contributed by atoms with Crippen molar-refractivity contribution in [2.75, 3.05) is 20.2 Å². The lowest BCUT2D eigenvalue weighted by molar-refractivity contribution is -0.899. The number of ketones is 1.